The smallest absolute Gasteiger partial charge is 0.231 e. The van der Waals surface area contributed by atoms with Crippen molar-refractivity contribution in [3.8, 4) is 0 Å². The van der Waals surface area contributed by atoms with Crippen LogP contribution in [0.2, 0.25) is 0 Å². The first-order chi connectivity index (χ1) is 8.60. The zero-order chi connectivity index (χ0) is 13.5. The van der Waals surface area contributed by atoms with Crippen LogP contribution < -0.4 is 11.1 Å². The minimum Gasteiger partial charge on any atom is -0.409 e. The first-order valence-corrected chi connectivity index (χ1v) is 6.79. The van der Waals surface area contributed by atoms with Gasteiger partial charge in [0.05, 0.1) is 12.0 Å². The molecule has 1 amide bonds. The third-order valence-corrected chi connectivity index (χ3v) is 3.72. The second-order valence-corrected chi connectivity index (χ2v) is 5.09. The average Bonchev–Trinajstić information content (AvgIpc) is 2.90. The fourth-order valence-electron chi connectivity index (χ4n) is 1.58. The number of thiophene rings is 1. The summed E-state index contributed by atoms with van der Waals surface area (Å²) < 4.78 is 0. The molecule has 1 rings (SSSR count). The van der Waals surface area contributed by atoms with Crippen LogP contribution >= 0.6 is 11.3 Å². The minimum atomic E-state index is -0.630. The highest BCUT2D eigenvalue weighted by Crippen LogP contribution is 2.23. The largest absolute Gasteiger partial charge is 0.409 e. The van der Waals surface area contributed by atoms with Gasteiger partial charge in [-0.1, -0.05) is 24.6 Å². The highest BCUT2D eigenvalue weighted by molar-refractivity contribution is 7.10. The van der Waals surface area contributed by atoms with Crippen molar-refractivity contribution in [1.82, 2.24) is 5.32 Å². The van der Waals surface area contributed by atoms with Gasteiger partial charge in [0.15, 0.2) is 5.84 Å². The van der Waals surface area contributed by atoms with Gasteiger partial charge in [0.1, 0.15) is 0 Å². The molecule has 2 atom stereocenters. The molecule has 0 saturated carbocycles. The van der Waals surface area contributed by atoms with E-state index in [0.717, 1.165) is 17.7 Å². The summed E-state index contributed by atoms with van der Waals surface area (Å²) in [5.41, 5.74) is 5.43. The van der Waals surface area contributed by atoms with E-state index in [2.05, 4.69) is 17.4 Å². The van der Waals surface area contributed by atoms with Gasteiger partial charge < -0.3 is 16.3 Å². The van der Waals surface area contributed by atoms with Crippen LogP contribution in [-0.4, -0.2) is 17.0 Å². The summed E-state index contributed by atoms with van der Waals surface area (Å²) >= 11 is 1.61. The Bertz CT molecular complexity index is 403. The van der Waals surface area contributed by atoms with Crippen molar-refractivity contribution in [3.63, 3.8) is 0 Å². The molecule has 0 aliphatic carbocycles. The van der Waals surface area contributed by atoms with Gasteiger partial charge in [0.25, 0.3) is 0 Å². The molecule has 4 N–H and O–H groups in total. The second-order valence-electron chi connectivity index (χ2n) is 4.11. The molecule has 0 spiro atoms. The van der Waals surface area contributed by atoms with Gasteiger partial charge in [-0.05, 0) is 24.8 Å². The summed E-state index contributed by atoms with van der Waals surface area (Å²) in [7, 11) is 0. The molecule has 2 unspecified atom stereocenters. The second kappa shape index (κ2) is 7.00. The van der Waals surface area contributed by atoms with Crippen LogP contribution in [0.3, 0.4) is 0 Å². The number of nitrogens with one attached hydrogen (secondary N) is 1. The molecule has 0 aliphatic rings. The van der Waals surface area contributed by atoms with Gasteiger partial charge in [-0.15, -0.1) is 11.3 Å². The zero-order valence-electron chi connectivity index (χ0n) is 10.6. The number of nitrogens with zero attached hydrogens (tertiary/aromatic N) is 1. The van der Waals surface area contributed by atoms with Gasteiger partial charge in [0, 0.05) is 4.88 Å². The fourth-order valence-corrected chi connectivity index (χ4v) is 2.39. The molecule has 0 saturated heterocycles. The Balaban J connectivity index is 2.70. The molecule has 0 bridgehead atoms. The predicted molar refractivity (Wildman–Crippen MR) is 72.7 cm³/mol. The van der Waals surface area contributed by atoms with Crippen molar-refractivity contribution in [1.29, 1.82) is 0 Å². The van der Waals surface area contributed by atoms with E-state index in [-0.39, 0.29) is 17.8 Å². The molecule has 5 nitrogen and oxygen atoms in total. The maximum atomic E-state index is 11.9. The third kappa shape index (κ3) is 3.73. The molecule has 0 radical (unpaired) electrons. The lowest BCUT2D eigenvalue weighted by Crippen LogP contribution is -2.38. The van der Waals surface area contributed by atoms with E-state index >= 15 is 0 Å². The van der Waals surface area contributed by atoms with Gasteiger partial charge >= 0.3 is 0 Å². The van der Waals surface area contributed by atoms with E-state index < -0.39 is 5.92 Å². The number of amidine groups is 1. The Hall–Kier alpha value is -1.56. The van der Waals surface area contributed by atoms with Crippen molar-refractivity contribution in [3.05, 3.63) is 22.4 Å². The first kappa shape index (κ1) is 14.5. The first-order valence-electron chi connectivity index (χ1n) is 5.91. The van der Waals surface area contributed by atoms with Gasteiger partial charge in [-0.25, -0.2) is 0 Å². The Morgan fingerprint density at radius 3 is 2.89 bits per heavy atom. The minimum absolute atomic E-state index is 0.00329. The van der Waals surface area contributed by atoms with Crippen molar-refractivity contribution in [2.45, 2.75) is 32.7 Å². The van der Waals surface area contributed by atoms with Crippen molar-refractivity contribution < 1.29 is 10.0 Å². The van der Waals surface area contributed by atoms with Crippen molar-refractivity contribution in [2.75, 3.05) is 0 Å². The number of carbonyl (C=O) groups is 1. The number of hydrogen-bond acceptors (Lipinski definition) is 4. The highest BCUT2D eigenvalue weighted by Gasteiger charge is 2.21. The Morgan fingerprint density at radius 2 is 2.39 bits per heavy atom. The summed E-state index contributed by atoms with van der Waals surface area (Å²) in [5, 5.41) is 16.3. The molecule has 6 heteroatoms. The number of oxime groups is 1. The van der Waals surface area contributed by atoms with Gasteiger partial charge in [0.2, 0.25) is 5.91 Å². The van der Waals surface area contributed by atoms with Crippen LogP contribution in [0.25, 0.3) is 0 Å². The molecule has 1 aromatic rings. The Morgan fingerprint density at radius 1 is 1.67 bits per heavy atom. The van der Waals surface area contributed by atoms with Gasteiger partial charge in [-0.3, -0.25) is 4.79 Å². The molecular formula is C12H19N3O2S. The monoisotopic (exact) mass is 269 g/mol. The number of hydrogen-bond donors (Lipinski definition) is 3. The van der Waals surface area contributed by atoms with Crippen LogP contribution in [0.1, 0.15) is 37.6 Å². The highest BCUT2D eigenvalue weighted by atomic mass is 32.1. The number of amides is 1. The number of nitrogens with two attached hydrogens (primary N) is 1. The number of carbonyl (C=O) groups excluding carboxylic acids is 1. The van der Waals surface area contributed by atoms with E-state index in [4.69, 9.17) is 10.9 Å². The van der Waals surface area contributed by atoms with Crippen LogP contribution in [0, 0.1) is 5.92 Å². The average molecular weight is 269 g/mol. The van der Waals surface area contributed by atoms with Crippen molar-refractivity contribution in [2.24, 2.45) is 16.8 Å². The Labute approximate surface area is 111 Å². The lowest BCUT2D eigenvalue weighted by molar-refractivity contribution is -0.123. The standard InChI is InChI=1S/C12H19N3O2S/c1-3-5-9(10-6-4-7-18-10)14-12(16)8(2)11(13)15-17/h4,6-9,17H,3,5H2,1-2H3,(H2,13,15)(H,14,16). The summed E-state index contributed by atoms with van der Waals surface area (Å²) in [6.45, 7) is 3.68. The predicted octanol–water partition coefficient (Wildman–Crippen LogP) is 2.09. The summed E-state index contributed by atoms with van der Waals surface area (Å²) in [4.78, 5) is 13.1. The van der Waals surface area contributed by atoms with E-state index in [1.807, 2.05) is 17.5 Å². The molecule has 0 aromatic carbocycles. The third-order valence-electron chi connectivity index (χ3n) is 2.73. The summed E-state index contributed by atoms with van der Waals surface area (Å²) in [6, 6.07) is 3.96. The Kier molecular flexibility index (Phi) is 5.64. The topological polar surface area (TPSA) is 87.7 Å². The van der Waals surface area contributed by atoms with Crippen LogP contribution in [0.15, 0.2) is 22.7 Å². The quantitative estimate of drug-likeness (QED) is 0.320. The molecule has 1 aromatic heterocycles. The van der Waals surface area contributed by atoms with E-state index in [1.165, 1.54) is 0 Å². The SMILES string of the molecule is CCCC(NC(=O)C(C)C(N)=NO)c1cccs1. The molecule has 100 valence electrons. The van der Waals surface area contributed by atoms with E-state index in [1.54, 1.807) is 18.3 Å². The summed E-state index contributed by atoms with van der Waals surface area (Å²) in [6.07, 6.45) is 1.84. The zero-order valence-corrected chi connectivity index (χ0v) is 11.4. The van der Waals surface area contributed by atoms with E-state index in [9.17, 15) is 4.79 Å². The fraction of sp³-hybridized carbons (Fsp3) is 0.500. The van der Waals surface area contributed by atoms with Crippen molar-refractivity contribution >= 4 is 23.1 Å². The van der Waals surface area contributed by atoms with Crippen LogP contribution in [0.5, 0.6) is 0 Å². The maximum absolute atomic E-state index is 11.9. The van der Waals surface area contributed by atoms with Crippen LogP contribution in [0.4, 0.5) is 0 Å². The molecular weight excluding hydrogens is 250 g/mol. The maximum Gasteiger partial charge on any atom is 0.231 e. The van der Waals surface area contributed by atoms with Crippen LogP contribution in [-0.2, 0) is 4.79 Å². The molecule has 18 heavy (non-hydrogen) atoms. The summed E-state index contributed by atoms with van der Waals surface area (Å²) in [5.74, 6) is -0.930. The van der Waals surface area contributed by atoms with Gasteiger partial charge in [-0.2, -0.15) is 0 Å². The lowest BCUT2D eigenvalue weighted by atomic mass is 10.1. The normalized spacial score (nSPS) is 15.1. The lowest BCUT2D eigenvalue weighted by Gasteiger charge is -2.19. The number of rotatable bonds is 6. The van der Waals surface area contributed by atoms with E-state index in [0.29, 0.717) is 0 Å². The molecule has 0 aliphatic heterocycles. The molecule has 0 fully saturated rings. The molecule has 1 heterocycles.